The maximum absolute atomic E-state index is 13.7. The molecule has 86 valence electrons. The standard InChI is InChI=1S/C12H8ClFN2O/c1-7-3-2-4-9(10(7)14)11(17)8-5-15-12(13)16-6-8/h2-6H,1H3. The van der Waals surface area contributed by atoms with E-state index in [4.69, 9.17) is 11.6 Å². The number of rotatable bonds is 2. The molecule has 1 aromatic heterocycles. The van der Waals surface area contributed by atoms with Gasteiger partial charge in [-0.1, -0.05) is 12.1 Å². The van der Waals surface area contributed by atoms with E-state index in [1.165, 1.54) is 18.5 Å². The summed E-state index contributed by atoms with van der Waals surface area (Å²) in [6.07, 6.45) is 2.55. The van der Waals surface area contributed by atoms with E-state index < -0.39 is 11.6 Å². The first-order chi connectivity index (χ1) is 8.09. The summed E-state index contributed by atoms with van der Waals surface area (Å²) in [5.41, 5.74) is 0.639. The van der Waals surface area contributed by atoms with Crippen LogP contribution in [0.4, 0.5) is 4.39 Å². The van der Waals surface area contributed by atoms with Crippen LogP contribution in [0.15, 0.2) is 30.6 Å². The first-order valence-corrected chi connectivity index (χ1v) is 5.25. The van der Waals surface area contributed by atoms with Crippen molar-refractivity contribution in [3.8, 4) is 0 Å². The highest BCUT2D eigenvalue weighted by Crippen LogP contribution is 2.16. The van der Waals surface area contributed by atoms with Gasteiger partial charge in [0.1, 0.15) is 5.82 Å². The van der Waals surface area contributed by atoms with Crippen LogP contribution in [0.1, 0.15) is 21.5 Å². The molecule has 0 radical (unpaired) electrons. The topological polar surface area (TPSA) is 42.9 Å². The number of aromatic nitrogens is 2. The average Bonchev–Trinajstić information content (AvgIpc) is 2.33. The molecule has 0 aliphatic carbocycles. The third-order valence-electron chi connectivity index (χ3n) is 2.32. The van der Waals surface area contributed by atoms with Crippen LogP contribution in [0, 0.1) is 12.7 Å². The summed E-state index contributed by atoms with van der Waals surface area (Å²) in [7, 11) is 0. The van der Waals surface area contributed by atoms with Crippen LogP contribution in [0.25, 0.3) is 0 Å². The van der Waals surface area contributed by atoms with Gasteiger partial charge in [-0.2, -0.15) is 0 Å². The first-order valence-electron chi connectivity index (χ1n) is 4.87. The third kappa shape index (κ3) is 2.31. The summed E-state index contributed by atoms with van der Waals surface area (Å²) >= 11 is 5.51. The van der Waals surface area contributed by atoms with Gasteiger partial charge in [-0.25, -0.2) is 14.4 Å². The Hall–Kier alpha value is -1.81. The van der Waals surface area contributed by atoms with Crippen LogP contribution in [-0.2, 0) is 0 Å². The minimum absolute atomic E-state index is 0.0101. The fourth-order valence-corrected chi connectivity index (χ4v) is 1.51. The molecular formula is C12H8ClFN2O. The number of hydrogen-bond donors (Lipinski definition) is 0. The number of aryl methyl sites for hydroxylation is 1. The van der Waals surface area contributed by atoms with Gasteiger partial charge in [0.2, 0.25) is 5.28 Å². The zero-order valence-electron chi connectivity index (χ0n) is 8.95. The van der Waals surface area contributed by atoms with Crippen molar-refractivity contribution >= 4 is 17.4 Å². The number of nitrogens with zero attached hydrogens (tertiary/aromatic N) is 2. The molecule has 2 rings (SSSR count). The highest BCUT2D eigenvalue weighted by molar-refractivity contribution is 6.28. The van der Waals surface area contributed by atoms with E-state index in [9.17, 15) is 9.18 Å². The SMILES string of the molecule is Cc1cccc(C(=O)c2cnc(Cl)nc2)c1F. The van der Waals surface area contributed by atoms with Crippen LogP contribution in [0.3, 0.4) is 0 Å². The van der Waals surface area contributed by atoms with E-state index in [1.807, 2.05) is 0 Å². The van der Waals surface area contributed by atoms with Crippen LogP contribution < -0.4 is 0 Å². The Bertz CT molecular complexity index is 569. The Morgan fingerprint density at radius 1 is 1.29 bits per heavy atom. The minimum atomic E-state index is -0.521. The lowest BCUT2D eigenvalue weighted by Crippen LogP contribution is -2.06. The summed E-state index contributed by atoms with van der Waals surface area (Å²) in [6.45, 7) is 1.60. The normalized spacial score (nSPS) is 10.3. The number of benzene rings is 1. The van der Waals surface area contributed by atoms with E-state index in [0.717, 1.165) is 0 Å². The molecule has 0 fully saturated rings. The largest absolute Gasteiger partial charge is 0.288 e. The lowest BCUT2D eigenvalue weighted by atomic mass is 10.0. The molecule has 0 aliphatic rings. The van der Waals surface area contributed by atoms with Gasteiger partial charge in [0.05, 0.1) is 11.1 Å². The van der Waals surface area contributed by atoms with Crippen LogP contribution in [0.5, 0.6) is 0 Å². The third-order valence-corrected chi connectivity index (χ3v) is 2.51. The maximum atomic E-state index is 13.7. The van der Waals surface area contributed by atoms with E-state index >= 15 is 0 Å². The molecule has 3 nitrogen and oxygen atoms in total. The van der Waals surface area contributed by atoms with Crippen LogP contribution in [0.2, 0.25) is 5.28 Å². The van der Waals surface area contributed by atoms with Crippen molar-refractivity contribution in [1.82, 2.24) is 9.97 Å². The zero-order valence-corrected chi connectivity index (χ0v) is 9.70. The van der Waals surface area contributed by atoms with E-state index in [2.05, 4.69) is 9.97 Å². The summed E-state index contributed by atoms with van der Waals surface area (Å²) in [5.74, 6) is -0.977. The Balaban J connectivity index is 2.44. The molecule has 2 aromatic rings. The number of halogens is 2. The Kier molecular flexibility index (Phi) is 3.15. The van der Waals surface area contributed by atoms with Crippen molar-refractivity contribution in [2.75, 3.05) is 0 Å². The van der Waals surface area contributed by atoms with E-state index in [1.54, 1.807) is 19.1 Å². The molecular weight excluding hydrogens is 243 g/mol. The van der Waals surface area contributed by atoms with Crippen LogP contribution in [-0.4, -0.2) is 15.8 Å². The molecule has 0 aliphatic heterocycles. The summed E-state index contributed by atoms with van der Waals surface area (Å²) < 4.78 is 13.7. The van der Waals surface area contributed by atoms with Gasteiger partial charge in [-0.3, -0.25) is 4.79 Å². The fraction of sp³-hybridized carbons (Fsp3) is 0.0833. The van der Waals surface area contributed by atoms with Crippen molar-refractivity contribution in [2.45, 2.75) is 6.92 Å². The highest BCUT2D eigenvalue weighted by atomic mass is 35.5. The van der Waals surface area contributed by atoms with Gasteiger partial charge in [0.15, 0.2) is 5.78 Å². The number of ketones is 1. The van der Waals surface area contributed by atoms with Gasteiger partial charge in [0, 0.05) is 12.4 Å². The molecule has 0 unspecified atom stereocenters. The second kappa shape index (κ2) is 4.59. The second-order valence-corrected chi connectivity index (χ2v) is 3.84. The van der Waals surface area contributed by atoms with Crippen LogP contribution >= 0.6 is 11.6 Å². The lowest BCUT2D eigenvalue weighted by molar-refractivity contribution is 0.103. The van der Waals surface area contributed by atoms with Crippen molar-refractivity contribution in [3.05, 3.63) is 58.4 Å². The summed E-state index contributed by atoms with van der Waals surface area (Å²) in [4.78, 5) is 19.3. The predicted molar refractivity (Wildman–Crippen MR) is 61.6 cm³/mol. The van der Waals surface area contributed by atoms with Crippen molar-refractivity contribution in [1.29, 1.82) is 0 Å². The first kappa shape index (κ1) is 11.7. The fourth-order valence-electron chi connectivity index (χ4n) is 1.41. The van der Waals surface area contributed by atoms with Gasteiger partial charge < -0.3 is 0 Å². The van der Waals surface area contributed by atoms with Gasteiger partial charge >= 0.3 is 0 Å². The van der Waals surface area contributed by atoms with Gasteiger partial charge in [0.25, 0.3) is 0 Å². The van der Waals surface area contributed by atoms with Gasteiger partial charge in [-0.15, -0.1) is 0 Å². The monoisotopic (exact) mass is 250 g/mol. The molecule has 0 N–H and O–H groups in total. The average molecular weight is 251 g/mol. The molecule has 0 atom stereocenters. The molecule has 17 heavy (non-hydrogen) atoms. The molecule has 5 heteroatoms. The Morgan fingerprint density at radius 3 is 2.59 bits per heavy atom. The van der Waals surface area contributed by atoms with Gasteiger partial charge in [-0.05, 0) is 30.2 Å². The molecule has 0 saturated carbocycles. The summed E-state index contributed by atoms with van der Waals surface area (Å²) in [5, 5.41) is 0.0475. The minimum Gasteiger partial charge on any atom is -0.288 e. The molecule has 0 spiro atoms. The molecule has 0 saturated heterocycles. The quantitative estimate of drug-likeness (QED) is 0.608. The Labute approximate surface area is 102 Å². The predicted octanol–water partition coefficient (Wildman–Crippen LogP) is 2.81. The lowest BCUT2D eigenvalue weighted by Gasteiger charge is -2.04. The van der Waals surface area contributed by atoms with Crippen molar-refractivity contribution < 1.29 is 9.18 Å². The number of carbonyl (C=O) groups is 1. The van der Waals surface area contributed by atoms with E-state index in [0.29, 0.717) is 5.56 Å². The molecule has 1 heterocycles. The van der Waals surface area contributed by atoms with E-state index in [-0.39, 0.29) is 16.4 Å². The maximum Gasteiger partial charge on any atom is 0.222 e. The molecule has 0 amide bonds. The zero-order chi connectivity index (χ0) is 12.4. The van der Waals surface area contributed by atoms with Crippen molar-refractivity contribution in [3.63, 3.8) is 0 Å². The molecule has 1 aromatic carbocycles. The number of carbonyl (C=O) groups excluding carboxylic acids is 1. The van der Waals surface area contributed by atoms with Crippen molar-refractivity contribution in [2.24, 2.45) is 0 Å². The smallest absolute Gasteiger partial charge is 0.222 e. The Morgan fingerprint density at radius 2 is 1.94 bits per heavy atom. The number of hydrogen-bond acceptors (Lipinski definition) is 3. The highest BCUT2D eigenvalue weighted by Gasteiger charge is 2.15. The second-order valence-electron chi connectivity index (χ2n) is 3.51. The summed E-state index contributed by atoms with van der Waals surface area (Å²) in [6, 6.07) is 4.66. The molecule has 0 bridgehead atoms.